The average Bonchev–Trinajstić information content (AvgIpc) is 2.27. The van der Waals surface area contributed by atoms with Gasteiger partial charge >= 0.3 is 6.09 Å². The van der Waals surface area contributed by atoms with Gasteiger partial charge in [0.25, 0.3) is 0 Å². The van der Waals surface area contributed by atoms with Gasteiger partial charge in [-0.2, -0.15) is 0 Å². The van der Waals surface area contributed by atoms with E-state index in [1.54, 1.807) is 12.1 Å². The average molecular weight is 266 g/mol. The van der Waals surface area contributed by atoms with Crippen LogP contribution in [0.1, 0.15) is 26.3 Å². The molecule has 0 aromatic heterocycles. The summed E-state index contributed by atoms with van der Waals surface area (Å²) in [6, 6.07) is 4.85. The van der Waals surface area contributed by atoms with Crippen molar-refractivity contribution >= 4 is 11.8 Å². The van der Waals surface area contributed by atoms with E-state index in [0.29, 0.717) is 12.1 Å². The molecule has 1 rings (SSSR count). The second kappa shape index (κ2) is 6.43. The Kier molecular flexibility index (Phi) is 5.18. The molecule has 0 aliphatic heterocycles. The molecule has 1 aromatic carbocycles. The van der Waals surface area contributed by atoms with Gasteiger partial charge in [0, 0.05) is 5.69 Å². The topological polar surface area (TPSA) is 70.6 Å². The lowest BCUT2D eigenvalue weighted by Crippen LogP contribution is -2.27. The Hall–Kier alpha value is -1.75. The molecule has 0 aliphatic carbocycles. The predicted molar refractivity (Wildman–Crippen MR) is 75.6 cm³/mol. The van der Waals surface area contributed by atoms with Crippen LogP contribution < -0.4 is 10.6 Å². The highest BCUT2D eigenvalue weighted by Crippen LogP contribution is 2.22. The van der Waals surface area contributed by atoms with E-state index in [2.05, 4.69) is 10.6 Å². The number of phenolic OH excluding ortho intramolecular Hbond substituents is 1. The lowest BCUT2D eigenvalue weighted by molar-refractivity contribution is 0.0635. The van der Waals surface area contributed by atoms with E-state index in [1.807, 2.05) is 27.8 Å². The summed E-state index contributed by atoms with van der Waals surface area (Å²) in [5.41, 5.74) is 0.981. The van der Waals surface area contributed by atoms with Gasteiger partial charge in [0.1, 0.15) is 11.4 Å². The number of benzene rings is 1. The van der Waals surface area contributed by atoms with Gasteiger partial charge < -0.3 is 15.2 Å². The van der Waals surface area contributed by atoms with E-state index in [4.69, 9.17) is 4.74 Å². The SMILES string of the molecule is CNCCc1cc(O)ccc1NC(=O)OC(C)(C)C. The van der Waals surface area contributed by atoms with Gasteiger partial charge in [0.2, 0.25) is 0 Å². The normalized spacial score (nSPS) is 11.2. The van der Waals surface area contributed by atoms with Crippen molar-refractivity contribution in [2.75, 3.05) is 18.9 Å². The fourth-order valence-electron chi connectivity index (χ4n) is 1.58. The number of amides is 1. The van der Waals surface area contributed by atoms with Crippen LogP contribution in [-0.2, 0) is 11.2 Å². The van der Waals surface area contributed by atoms with Gasteiger partial charge in [-0.3, -0.25) is 5.32 Å². The number of likely N-dealkylation sites (N-methyl/N-ethyl adjacent to an activating group) is 1. The van der Waals surface area contributed by atoms with Crippen molar-refractivity contribution in [3.8, 4) is 5.75 Å². The summed E-state index contributed by atoms with van der Waals surface area (Å²) in [5, 5.41) is 15.2. The summed E-state index contributed by atoms with van der Waals surface area (Å²) in [6.07, 6.45) is 0.208. The third-order valence-electron chi connectivity index (χ3n) is 2.37. The molecule has 5 nitrogen and oxygen atoms in total. The van der Waals surface area contributed by atoms with Crippen molar-refractivity contribution in [2.24, 2.45) is 0 Å². The van der Waals surface area contributed by atoms with Gasteiger partial charge in [-0.25, -0.2) is 4.79 Å². The highest BCUT2D eigenvalue weighted by atomic mass is 16.6. The van der Waals surface area contributed by atoms with Crippen LogP contribution in [0.2, 0.25) is 0 Å². The van der Waals surface area contributed by atoms with Gasteiger partial charge in [-0.1, -0.05) is 0 Å². The van der Waals surface area contributed by atoms with Gasteiger partial charge in [-0.15, -0.1) is 0 Å². The zero-order chi connectivity index (χ0) is 14.5. The summed E-state index contributed by atoms with van der Waals surface area (Å²) in [6.45, 7) is 6.19. The molecule has 0 saturated heterocycles. The monoisotopic (exact) mass is 266 g/mol. The molecule has 0 spiro atoms. The largest absolute Gasteiger partial charge is 0.508 e. The summed E-state index contributed by atoms with van der Waals surface area (Å²) < 4.78 is 5.20. The Bertz CT molecular complexity index is 439. The third-order valence-corrected chi connectivity index (χ3v) is 2.37. The fourth-order valence-corrected chi connectivity index (χ4v) is 1.58. The minimum absolute atomic E-state index is 0.181. The number of rotatable bonds is 4. The van der Waals surface area contributed by atoms with Crippen LogP contribution in [0, 0.1) is 0 Å². The molecule has 0 aliphatic rings. The van der Waals surface area contributed by atoms with Crippen LogP contribution in [-0.4, -0.2) is 30.4 Å². The Balaban J connectivity index is 2.79. The molecule has 1 amide bonds. The standard InChI is InChI=1S/C14H22N2O3/c1-14(2,3)19-13(18)16-12-6-5-11(17)9-10(12)7-8-15-4/h5-6,9,15,17H,7-8H2,1-4H3,(H,16,18). The number of anilines is 1. The van der Waals surface area contributed by atoms with Gasteiger partial charge in [-0.05, 0) is 64.5 Å². The van der Waals surface area contributed by atoms with Gasteiger partial charge in [0.15, 0.2) is 0 Å². The van der Waals surface area contributed by atoms with Crippen LogP contribution in [0.25, 0.3) is 0 Å². The first-order chi connectivity index (χ1) is 8.81. The maximum atomic E-state index is 11.7. The maximum Gasteiger partial charge on any atom is 0.412 e. The molecule has 0 unspecified atom stereocenters. The molecule has 1 aromatic rings. The number of nitrogens with one attached hydrogen (secondary N) is 2. The number of carbonyl (C=O) groups is 1. The molecule has 0 atom stereocenters. The number of carbonyl (C=O) groups excluding carboxylic acids is 1. The van der Waals surface area contributed by atoms with E-state index < -0.39 is 11.7 Å². The smallest absolute Gasteiger partial charge is 0.412 e. The first-order valence-corrected chi connectivity index (χ1v) is 6.28. The van der Waals surface area contributed by atoms with Crippen molar-refractivity contribution in [2.45, 2.75) is 32.8 Å². The molecule has 5 heteroatoms. The quantitative estimate of drug-likeness (QED) is 0.732. The molecule has 0 heterocycles. The van der Waals surface area contributed by atoms with Crippen LogP contribution >= 0.6 is 0 Å². The Morgan fingerprint density at radius 2 is 2.05 bits per heavy atom. The van der Waals surface area contributed by atoms with Crippen LogP contribution in [0.4, 0.5) is 10.5 Å². The Morgan fingerprint density at radius 3 is 2.63 bits per heavy atom. The van der Waals surface area contributed by atoms with Crippen LogP contribution in [0.3, 0.4) is 0 Å². The first-order valence-electron chi connectivity index (χ1n) is 6.28. The lowest BCUT2D eigenvalue weighted by atomic mass is 10.1. The molecule has 3 N–H and O–H groups in total. The second-order valence-electron chi connectivity index (χ2n) is 5.32. The zero-order valence-electron chi connectivity index (χ0n) is 11.9. The van der Waals surface area contributed by atoms with E-state index in [9.17, 15) is 9.90 Å². The number of hydrogen-bond donors (Lipinski definition) is 3. The fraction of sp³-hybridized carbons (Fsp3) is 0.500. The summed E-state index contributed by atoms with van der Waals surface area (Å²) in [7, 11) is 1.85. The van der Waals surface area contributed by atoms with E-state index >= 15 is 0 Å². The molecule has 0 radical (unpaired) electrons. The van der Waals surface area contributed by atoms with Crippen molar-refractivity contribution in [3.63, 3.8) is 0 Å². The van der Waals surface area contributed by atoms with Crippen LogP contribution in [0.5, 0.6) is 5.75 Å². The highest BCUT2D eigenvalue weighted by molar-refractivity contribution is 5.86. The number of aromatic hydroxyl groups is 1. The maximum absolute atomic E-state index is 11.7. The van der Waals surface area contributed by atoms with Gasteiger partial charge in [0.05, 0.1) is 0 Å². The minimum atomic E-state index is -0.536. The second-order valence-corrected chi connectivity index (χ2v) is 5.32. The van der Waals surface area contributed by atoms with E-state index in [1.165, 1.54) is 6.07 Å². The van der Waals surface area contributed by atoms with Crippen molar-refractivity contribution < 1.29 is 14.6 Å². The van der Waals surface area contributed by atoms with E-state index in [-0.39, 0.29) is 5.75 Å². The molecule has 0 fully saturated rings. The zero-order valence-corrected chi connectivity index (χ0v) is 11.9. The molecular formula is C14H22N2O3. The Morgan fingerprint density at radius 1 is 1.37 bits per heavy atom. The summed E-state index contributed by atoms with van der Waals surface area (Å²) >= 11 is 0. The van der Waals surface area contributed by atoms with E-state index in [0.717, 1.165) is 12.1 Å². The van der Waals surface area contributed by atoms with Crippen molar-refractivity contribution in [3.05, 3.63) is 23.8 Å². The number of hydrogen-bond acceptors (Lipinski definition) is 4. The third kappa shape index (κ3) is 5.61. The first kappa shape index (κ1) is 15.3. The molecule has 0 saturated carbocycles. The molecule has 19 heavy (non-hydrogen) atoms. The lowest BCUT2D eigenvalue weighted by Gasteiger charge is -2.20. The van der Waals surface area contributed by atoms with Crippen LogP contribution in [0.15, 0.2) is 18.2 Å². The Labute approximate surface area is 114 Å². The van der Waals surface area contributed by atoms with Crippen molar-refractivity contribution in [1.82, 2.24) is 5.32 Å². The molecular weight excluding hydrogens is 244 g/mol. The number of ether oxygens (including phenoxy) is 1. The van der Waals surface area contributed by atoms with Crippen molar-refractivity contribution in [1.29, 1.82) is 0 Å². The highest BCUT2D eigenvalue weighted by Gasteiger charge is 2.17. The molecule has 0 bridgehead atoms. The molecule has 106 valence electrons. The predicted octanol–water partition coefficient (Wildman–Crippen LogP) is 2.50. The summed E-state index contributed by atoms with van der Waals surface area (Å²) in [4.78, 5) is 11.7. The minimum Gasteiger partial charge on any atom is -0.508 e. The number of phenols is 1. The summed E-state index contributed by atoms with van der Waals surface area (Å²) in [5.74, 6) is 0.181.